The monoisotopic (exact) mass is 433 g/mol. The van der Waals surface area contributed by atoms with E-state index in [4.69, 9.17) is 21.1 Å². The average Bonchev–Trinajstić information content (AvgIpc) is 2.97. The van der Waals surface area contributed by atoms with E-state index in [0.717, 1.165) is 32.2 Å². The van der Waals surface area contributed by atoms with Crippen LogP contribution in [0.3, 0.4) is 0 Å². The van der Waals surface area contributed by atoms with Crippen LogP contribution in [0.2, 0.25) is 5.02 Å². The van der Waals surface area contributed by atoms with Crippen LogP contribution in [0.15, 0.2) is 48.5 Å². The lowest BCUT2D eigenvalue weighted by Gasteiger charge is -2.39. The van der Waals surface area contributed by atoms with Gasteiger partial charge >= 0.3 is 0 Å². The van der Waals surface area contributed by atoms with Gasteiger partial charge in [0, 0.05) is 25.2 Å². The van der Waals surface area contributed by atoms with Crippen LogP contribution in [0.1, 0.15) is 37.2 Å². The first-order chi connectivity index (χ1) is 14.5. The first-order valence-electron chi connectivity index (χ1n) is 10.7. The fourth-order valence-electron chi connectivity index (χ4n) is 4.63. The van der Waals surface area contributed by atoms with E-state index >= 15 is 0 Å². The van der Waals surface area contributed by atoms with Crippen LogP contribution in [0, 0.1) is 5.82 Å². The molecule has 0 spiro atoms. The van der Waals surface area contributed by atoms with Crippen LogP contribution in [-0.4, -0.2) is 54.6 Å². The maximum atomic E-state index is 13.4. The Balaban J connectivity index is 1.34. The van der Waals surface area contributed by atoms with Crippen LogP contribution in [0.25, 0.3) is 0 Å². The number of rotatable bonds is 5. The predicted octanol–water partition coefficient (Wildman–Crippen LogP) is 4.65. The fourth-order valence-corrected chi connectivity index (χ4v) is 4.80. The number of aliphatic hydroxyl groups is 1. The summed E-state index contributed by atoms with van der Waals surface area (Å²) in [7, 11) is 0. The van der Waals surface area contributed by atoms with Gasteiger partial charge in [0.2, 0.25) is 0 Å². The maximum Gasteiger partial charge on any atom is 0.142 e. The number of hydrogen-bond donors (Lipinski definition) is 1. The molecule has 6 heteroatoms. The van der Waals surface area contributed by atoms with Crippen LogP contribution in [0.4, 0.5) is 4.39 Å². The molecule has 0 unspecified atom stereocenters. The van der Waals surface area contributed by atoms with Gasteiger partial charge in [0.05, 0.1) is 18.2 Å². The maximum absolute atomic E-state index is 13.4. The minimum atomic E-state index is -1.12. The molecule has 1 aliphatic carbocycles. The van der Waals surface area contributed by atoms with E-state index in [2.05, 4.69) is 35.2 Å². The van der Waals surface area contributed by atoms with Crippen LogP contribution >= 0.6 is 11.6 Å². The van der Waals surface area contributed by atoms with Gasteiger partial charge in [-0.25, -0.2) is 4.39 Å². The highest BCUT2D eigenvalue weighted by Gasteiger charge is 2.37. The summed E-state index contributed by atoms with van der Waals surface area (Å²) in [6.45, 7) is 2.21. The van der Waals surface area contributed by atoms with E-state index < -0.39 is 11.4 Å². The Kier molecular flexibility index (Phi) is 6.94. The van der Waals surface area contributed by atoms with E-state index in [-0.39, 0.29) is 18.2 Å². The molecule has 1 N–H and O–H groups in total. The van der Waals surface area contributed by atoms with Crippen LogP contribution in [0.5, 0.6) is 5.75 Å². The van der Waals surface area contributed by atoms with Crippen LogP contribution in [-0.2, 0) is 4.74 Å². The highest BCUT2D eigenvalue weighted by molar-refractivity contribution is 6.30. The summed E-state index contributed by atoms with van der Waals surface area (Å²) in [5.74, 6) is 0.572. The molecule has 0 radical (unpaired) electrons. The number of nitrogens with zero attached hydrogens (tertiary/aromatic N) is 1. The van der Waals surface area contributed by atoms with Crippen molar-refractivity contribution < 1.29 is 19.0 Å². The molecular formula is C24H29ClFNO3. The van der Waals surface area contributed by atoms with Crippen LogP contribution < -0.4 is 4.74 Å². The Morgan fingerprint density at radius 2 is 1.90 bits per heavy atom. The highest BCUT2D eigenvalue weighted by Crippen LogP contribution is 2.35. The Hall–Kier alpha value is -1.66. The van der Waals surface area contributed by atoms with Gasteiger partial charge in [-0.3, -0.25) is 4.90 Å². The summed E-state index contributed by atoms with van der Waals surface area (Å²) in [5, 5.41) is 11.2. The van der Waals surface area contributed by atoms with E-state index in [1.807, 2.05) is 0 Å². The molecule has 2 aromatic carbocycles. The minimum Gasteiger partial charge on any atom is -0.490 e. The van der Waals surface area contributed by atoms with Crippen molar-refractivity contribution in [2.75, 3.05) is 32.9 Å². The van der Waals surface area contributed by atoms with Gasteiger partial charge < -0.3 is 14.6 Å². The molecular weight excluding hydrogens is 405 g/mol. The van der Waals surface area contributed by atoms with E-state index in [0.29, 0.717) is 30.9 Å². The van der Waals surface area contributed by atoms with Crippen molar-refractivity contribution in [3.05, 3.63) is 64.9 Å². The lowest BCUT2D eigenvalue weighted by atomic mass is 9.81. The topological polar surface area (TPSA) is 41.9 Å². The number of halogens is 2. The van der Waals surface area contributed by atoms with E-state index in [9.17, 15) is 9.50 Å². The van der Waals surface area contributed by atoms with Gasteiger partial charge in [-0.15, -0.1) is 0 Å². The molecule has 0 bridgehead atoms. The molecule has 4 nitrogen and oxygen atoms in total. The van der Waals surface area contributed by atoms with Gasteiger partial charge in [0.1, 0.15) is 23.8 Å². The standard InChI is InChI=1S/C24H29ClFNO3/c25-22-14-21(10-11-23(22)26)30-17-24(28)15-27(12-13-29-16-24)20-8-6-19(7-9-20)18-4-2-1-3-5-18/h1-5,10-11,14,19-20,28H,6-9,12-13,15-17H2/t19?,20?,24-/m1/s1. The summed E-state index contributed by atoms with van der Waals surface area (Å²) < 4.78 is 24.8. The quantitative estimate of drug-likeness (QED) is 0.745. The SMILES string of the molecule is O[C@@]1(COc2ccc(F)c(Cl)c2)COCCN(C2CCC(c3ccccc3)CC2)C1. The summed E-state index contributed by atoms with van der Waals surface area (Å²) in [6, 6.07) is 15.4. The van der Waals surface area contributed by atoms with Crippen molar-refractivity contribution in [3.63, 3.8) is 0 Å². The molecule has 2 fully saturated rings. The summed E-state index contributed by atoms with van der Waals surface area (Å²) in [6.07, 6.45) is 4.55. The zero-order chi connectivity index (χ0) is 21.0. The zero-order valence-electron chi connectivity index (χ0n) is 17.1. The van der Waals surface area contributed by atoms with Crippen molar-refractivity contribution in [2.45, 2.75) is 43.2 Å². The number of β-amino-alcohol motifs (C(OH)–C–C–N with tert-alkyl or cyclic N) is 1. The first-order valence-corrected chi connectivity index (χ1v) is 11.1. The molecule has 1 atom stereocenters. The molecule has 4 rings (SSSR count). The zero-order valence-corrected chi connectivity index (χ0v) is 17.9. The van der Waals surface area contributed by atoms with Crippen molar-refractivity contribution in [3.8, 4) is 5.75 Å². The molecule has 0 amide bonds. The fraction of sp³-hybridized carbons (Fsp3) is 0.500. The molecule has 1 heterocycles. The Morgan fingerprint density at radius 1 is 1.13 bits per heavy atom. The molecule has 0 aromatic heterocycles. The number of ether oxygens (including phenoxy) is 2. The third kappa shape index (κ3) is 5.33. The predicted molar refractivity (Wildman–Crippen MR) is 116 cm³/mol. The molecule has 2 aliphatic rings. The second-order valence-electron chi connectivity index (χ2n) is 8.53. The molecule has 1 saturated heterocycles. The Labute approximate surface area is 182 Å². The van der Waals surface area contributed by atoms with Crippen molar-refractivity contribution in [1.29, 1.82) is 0 Å². The summed E-state index contributed by atoms with van der Waals surface area (Å²) >= 11 is 5.83. The summed E-state index contributed by atoms with van der Waals surface area (Å²) in [5.41, 5.74) is 0.311. The number of benzene rings is 2. The smallest absolute Gasteiger partial charge is 0.142 e. The van der Waals surface area contributed by atoms with Crippen molar-refractivity contribution in [1.82, 2.24) is 4.90 Å². The van der Waals surface area contributed by atoms with Crippen molar-refractivity contribution >= 4 is 11.6 Å². The highest BCUT2D eigenvalue weighted by atomic mass is 35.5. The Morgan fingerprint density at radius 3 is 2.63 bits per heavy atom. The lowest BCUT2D eigenvalue weighted by molar-refractivity contribution is -0.0683. The summed E-state index contributed by atoms with van der Waals surface area (Å²) in [4.78, 5) is 2.36. The molecule has 1 saturated carbocycles. The second kappa shape index (κ2) is 9.65. The van der Waals surface area contributed by atoms with Gasteiger partial charge in [-0.1, -0.05) is 41.9 Å². The molecule has 1 aliphatic heterocycles. The van der Waals surface area contributed by atoms with Gasteiger partial charge in [0.15, 0.2) is 0 Å². The van der Waals surface area contributed by atoms with E-state index in [1.54, 1.807) is 0 Å². The lowest BCUT2D eigenvalue weighted by Crippen LogP contribution is -2.52. The first kappa shape index (κ1) is 21.6. The Bertz CT molecular complexity index is 828. The number of hydrogen-bond acceptors (Lipinski definition) is 4. The third-order valence-electron chi connectivity index (χ3n) is 6.27. The minimum absolute atomic E-state index is 0.00779. The second-order valence-corrected chi connectivity index (χ2v) is 8.94. The molecule has 2 aromatic rings. The molecule has 162 valence electrons. The van der Waals surface area contributed by atoms with Gasteiger partial charge in [-0.2, -0.15) is 0 Å². The normalized spacial score (nSPS) is 28.1. The van der Waals surface area contributed by atoms with Crippen molar-refractivity contribution in [2.24, 2.45) is 0 Å². The average molecular weight is 434 g/mol. The third-order valence-corrected chi connectivity index (χ3v) is 6.56. The largest absolute Gasteiger partial charge is 0.490 e. The van der Waals surface area contributed by atoms with E-state index in [1.165, 1.54) is 23.8 Å². The molecule has 30 heavy (non-hydrogen) atoms. The van der Waals surface area contributed by atoms with Gasteiger partial charge in [-0.05, 0) is 49.3 Å². The van der Waals surface area contributed by atoms with Gasteiger partial charge in [0.25, 0.3) is 0 Å².